The molecule has 2 saturated heterocycles. The van der Waals surface area contributed by atoms with Crippen molar-refractivity contribution >= 4 is 55.4 Å². The molecule has 0 amide bonds. The molecule has 2 fully saturated rings. The van der Waals surface area contributed by atoms with E-state index in [-0.39, 0.29) is 15.5 Å². The molecule has 7 nitrogen and oxygen atoms in total. The maximum atomic E-state index is 13.2. The molecule has 0 bridgehead atoms. The molecule has 1 aromatic heterocycles. The second-order valence-electron chi connectivity index (χ2n) is 9.94. The summed E-state index contributed by atoms with van der Waals surface area (Å²) in [5.74, 6) is 0. The highest BCUT2D eigenvalue weighted by atomic mass is 35.5. The molecule has 2 aliphatic rings. The Hall–Kier alpha value is -2.47. The van der Waals surface area contributed by atoms with Crippen molar-refractivity contribution < 1.29 is 18.1 Å². The maximum Gasteiger partial charge on any atom is 0.416 e. The largest absolute Gasteiger partial charge is 0.416 e. The molecule has 3 aromatic rings. The molecular formula is C25H23Cl2F3N4O3S. The zero-order chi connectivity index (χ0) is 27.2. The number of nitro benzene ring substituents is 1. The minimum Gasteiger partial charge on any atom is -0.348 e. The van der Waals surface area contributed by atoms with Crippen molar-refractivity contribution in [3.63, 3.8) is 0 Å². The monoisotopic (exact) mass is 586 g/mol. The zero-order valence-corrected chi connectivity index (χ0v) is 22.4. The summed E-state index contributed by atoms with van der Waals surface area (Å²) in [4.78, 5) is 31.7. The van der Waals surface area contributed by atoms with Crippen molar-refractivity contribution in [2.75, 3.05) is 31.1 Å². The van der Waals surface area contributed by atoms with Crippen LogP contribution in [-0.4, -0.2) is 41.0 Å². The van der Waals surface area contributed by atoms with Crippen molar-refractivity contribution in [2.45, 2.75) is 38.4 Å². The van der Waals surface area contributed by atoms with Gasteiger partial charge in [0.1, 0.15) is 4.70 Å². The lowest BCUT2D eigenvalue weighted by Gasteiger charge is -2.47. The van der Waals surface area contributed by atoms with E-state index < -0.39 is 27.9 Å². The van der Waals surface area contributed by atoms with Crippen LogP contribution < -0.4 is 10.5 Å². The third kappa shape index (κ3) is 5.47. The number of nitro groups is 1. The van der Waals surface area contributed by atoms with Crippen LogP contribution in [0.1, 0.15) is 36.8 Å². The molecule has 202 valence electrons. The Kier molecular flexibility index (Phi) is 7.32. The van der Waals surface area contributed by atoms with Gasteiger partial charge in [-0.3, -0.25) is 19.8 Å². The lowest BCUT2D eigenvalue weighted by atomic mass is 9.71. The van der Waals surface area contributed by atoms with Crippen molar-refractivity contribution in [2.24, 2.45) is 5.41 Å². The van der Waals surface area contributed by atoms with E-state index in [2.05, 4.69) is 9.88 Å². The Bertz CT molecular complexity index is 1450. The number of hydrogen-bond donors (Lipinski definition) is 0. The number of aromatic nitrogens is 1. The van der Waals surface area contributed by atoms with Crippen molar-refractivity contribution in [1.82, 2.24) is 9.88 Å². The SMILES string of the molecule is O=c1nc(N2CCC3(CCN(Cc4ccc(Cl)c(Cl)c4)CC3)CC2)sc2c([N+](=O)[O-])cc(C(F)(F)F)cc12. The van der Waals surface area contributed by atoms with E-state index in [1.807, 2.05) is 17.0 Å². The van der Waals surface area contributed by atoms with Gasteiger partial charge in [-0.05, 0) is 68.0 Å². The lowest BCUT2D eigenvalue weighted by molar-refractivity contribution is -0.383. The Labute approximate surface area is 229 Å². The highest BCUT2D eigenvalue weighted by Crippen LogP contribution is 2.44. The van der Waals surface area contributed by atoms with Gasteiger partial charge in [-0.25, -0.2) is 0 Å². The molecule has 0 radical (unpaired) electrons. The highest BCUT2D eigenvalue weighted by molar-refractivity contribution is 7.22. The van der Waals surface area contributed by atoms with Crippen molar-refractivity contribution in [1.29, 1.82) is 0 Å². The third-order valence-electron chi connectivity index (χ3n) is 7.62. The predicted octanol–water partition coefficient (Wildman–Crippen LogP) is 6.77. The quantitative estimate of drug-likeness (QED) is 0.248. The fourth-order valence-corrected chi connectivity index (χ4v) is 6.77. The Morgan fingerprint density at radius 1 is 1.03 bits per heavy atom. The minimum atomic E-state index is -4.81. The van der Waals surface area contributed by atoms with Gasteiger partial charge >= 0.3 is 6.18 Å². The summed E-state index contributed by atoms with van der Waals surface area (Å²) in [6, 6.07) is 6.81. The van der Waals surface area contributed by atoms with E-state index in [4.69, 9.17) is 23.2 Å². The number of alkyl halides is 3. The van der Waals surface area contributed by atoms with Crippen molar-refractivity contribution in [3.8, 4) is 0 Å². The summed E-state index contributed by atoms with van der Waals surface area (Å²) < 4.78 is 39.6. The fraction of sp³-hybridized carbons (Fsp3) is 0.440. The first-order valence-electron chi connectivity index (χ1n) is 12.1. The van der Waals surface area contributed by atoms with Crippen LogP contribution >= 0.6 is 34.5 Å². The smallest absolute Gasteiger partial charge is 0.348 e. The third-order valence-corrected chi connectivity index (χ3v) is 9.52. The molecule has 38 heavy (non-hydrogen) atoms. The molecular weight excluding hydrogens is 564 g/mol. The van der Waals surface area contributed by atoms with Gasteiger partial charge in [0.15, 0.2) is 5.13 Å². The number of hydrogen-bond acceptors (Lipinski definition) is 7. The fourth-order valence-electron chi connectivity index (χ4n) is 5.33. The highest BCUT2D eigenvalue weighted by Gasteiger charge is 2.39. The number of halogens is 5. The van der Waals surface area contributed by atoms with Gasteiger partial charge in [0.25, 0.3) is 11.2 Å². The van der Waals surface area contributed by atoms with Crippen molar-refractivity contribution in [3.05, 3.63) is 72.0 Å². The van der Waals surface area contributed by atoms with Gasteiger partial charge < -0.3 is 4.90 Å². The summed E-state index contributed by atoms with van der Waals surface area (Å²) in [6.07, 6.45) is -1.01. The van der Waals surface area contributed by atoms with Crippen LogP contribution in [0.4, 0.5) is 24.0 Å². The first-order chi connectivity index (χ1) is 17.9. The summed E-state index contributed by atoms with van der Waals surface area (Å²) in [5, 5.41) is 12.6. The number of rotatable bonds is 4. The van der Waals surface area contributed by atoms with Crippen LogP contribution in [-0.2, 0) is 12.7 Å². The minimum absolute atomic E-state index is 0.0890. The van der Waals surface area contributed by atoms with E-state index in [1.54, 1.807) is 6.07 Å². The van der Waals surface area contributed by atoms with Crippen LogP contribution in [0.15, 0.2) is 35.1 Å². The molecule has 3 heterocycles. The van der Waals surface area contributed by atoms with Crippen LogP contribution in [0.3, 0.4) is 0 Å². The lowest BCUT2D eigenvalue weighted by Crippen LogP contribution is -2.46. The van der Waals surface area contributed by atoms with Gasteiger partial charge in [0.2, 0.25) is 0 Å². The zero-order valence-electron chi connectivity index (χ0n) is 20.1. The Balaban J connectivity index is 1.28. The number of likely N-dealkylation sites (tertiary alicyclic amines) is 1. The first-order valence-corrected chi connectivity index (χ1v) is 13.6. The van der Waals surface area contributed by atoms with Crippen LogP contribution in [0.2, 0.25) is 10.0 Å². The standard InChI is InChI=1S/C25H23Cl2F3N4O3S/c26-18-2-1-15(11-19(18)27)14-32-7-3-24(4-8-32)5-9-33(10-6-24)23-31-22(35)17-12-16(25(28,29)30)13-20(34(36)37)21(17)38-23/h1-2,11-13H,3-10,14H2. The van der Waals surface area contributed by atoms with E-state index >= 15 is 0 Å². The number of non-ortho nitro benzene ring substituents is 1. The molecule has 0 N–H and O–H groups in total. The maximum absolute atomic E-state index is 13.2. The number of benzene rings is 2. The molecule has 2 aromatic carbocycles. The number of piperidine rings is 2. The summed E-state index contributed by atoms with van der Waals surface area (Å²) >= 11 is 13.1. The first kappa shape index (κ1) is 27.1. The van der Waals surface area contributed by atoms with Gasteiger partial charge in [0, 0.05) is 25.7 Å². The normalized spacial score (nSPS) is 18.3. The number of fused-ring (bicyclic) bond motifs is 1. The second-order valence-corrected chi connectivity index (χ2v) is 11.7. The molecule has 1 spiro atoms. The summed E-state index contributed by atoms with van der Waals surface area (Å²) in [6.45, 7) is 3.92. The number of nitrogens with zero attached hydrogens (tertiary/aromatic N) is 4. The number of anilines is 1. The molecule has 13 heteroatoms. The molecule has 0 unspecified atom stereocenters. The molecule has 0 atom stereocenters. The molecule has 2 aliphatic heterocycles. The van der Waals surface area contributed by atoms with Gasteiger partial charge in [-0.15, -0.1) is 0 Å². The van der Waals surface area contributed by atoms with E-state index in [0.29, 0.717) is 40.4 Å². The summed E-state index contributed by atoms with van der Waals surface area (Å²) in [7, 11) is 0. The average molecular weight is 587 g/mol. The molecule has 5 rings (SSSR count). The average Bonchev–Trinajstić information content (AvgIpc) is 2.87. The van der Waals surface area contributed by atoms with Crippen LogP contribution in [0, 0.1) is 15.5 Å². The topological polar surface area (TPSA) is 79.6 Å². The van der Waals surface area contributed by atoms with Crippen LogP contribution in [0.5, 0.6) is 0 Å². The van der Waals surface area contributed by atoms with Gasteiger partial charge in [-0.1, -0.05) is 40.6 Å². The second kappa shape index (κ2) is 10.3. The van der Waals surface area contributed by atoms with E-state index in [1.165, 1.54) is 0 Å². The predicted molar refractivity (Wildman–Crippen MR) is 142 cm³/mol. The van der Waals surface area contributed by atoms with Gasteiger partial charge in [-0.2, -0.15) is 18.2 Å². The summed E-state index contributed by atoms with van der Waals surface area (Å²) in [5.41, 5.74) is -1.58. The Morgan fingerprint density at radius 3 is 2.29 bits per heavy atom. The van der Waals surface area contributed by atoms with E-state index in [9.17, 15) is 28.1 Å². The molecule has 0 aliphatic carbocycles. The van der Waals surface area contributed by atoms with Crippen LogP contribution in [0.25, 0.3) is 10.1 Å². The molecule has 0 saturated carbocycles. The Morgan fingerprint density at radius 2 is 1.68 bits per heavy atom. The van der Waals surface area contributed by atoms with Gasteiger partial charge in [0.05, 0.1) is 25.9 Å². The van der Waals surface area contributed by atoms with E-state index in [0.717, 1.165) is 62.2 Å².